The standard InChI is InChI=1S/C27H27N5OS/c1-17-12-13-24(29-16-17)31-18(2)15-20(19(31)3)26-25(21-9-7-8-14-28-21)30-27(34)32(26)22-10-5-6-11-23(22)33-4/h5-16,25-26H,1-4H3,(H,30,34). The summed E-state index contributed by atoms with van der Waals surface area (Å²) in [6.07, 6.45) is 3.72. The molecule has 1 fully saturated rings. The molecule has 5 rings (SSSR count). The molecule has 2 unspecified atom stereocenters. The Balaban J connectivity index is 1.70. The van der Waals surface area contributed by atoms with Crippen LogP contribution < -0.4 is 15.0 Å². The zero-order chi connectivity index (χ0) is 23.8. The summed E-state index contributed by atoms with van der Waals surface area (Å²) >= 11 is 5.89. The molecule has 0 radical (unpaired) electrons. The molecule has 1 aliphatic heterocycles. The van der Waals surface area contributed by atoms with Crippen molar-refractivity contribution in [3.05, 3.63) is 101 Å². The molecule has 1 N–H and O–H groups in total. The van der Waals surface area contributed by atoms with Gasteiger partial charge in [-0.2, -0.15) is 0 Å². The Morgan fingerprint density at radius 3 is 2.47 bits per heavy atom. The number of nitrogens with zero attached hydrogens (tertiary/aromatic N) is 4. The molecule has 0 bridgehead atoms. The Kier molecular flexibility index (Phi) is 5.79. The topological polar surface area (TPSA) is 55.2 Å². The van der Waals surface area contributed by atoms with E-state index in [0.29, 0.717) is 5.11 Å². The van der Waals surface area contributed by atoms with E-state index in [1.54, 1.807) is 7.11 Å². The fourth-order valence-electron chi connectivity index (χ4n) is 4.79. The van der Waals surface area contributed by atoms with Crippen LogP contribution in [0.3, 0.4) is 0 Å². The number of para-hydroxylation sites is 2. The van der Waals surface area contributed by atoms with Gasteiger partial charge in [0, 0.05) is 23.8 Å². The van der Waals surface area contributed by atoms with Crippen LogP contribution in [-0.2, 0) is 0 Å². The average Bonchev–Trinajstić information content (AvgIpc) is 3.35. The first-order chi connectivity index (χ1) is 16.5. The quantitative estimate of drug-likeness (QED) is 0.396. The summed E-state index contributed by atoms with van der Waals surface area (Å²) in [4.78, 5) is 11.5. The van der Waals surface area contributed by atoms with Crippen molar-refractivity contribution in [3.8, 4) is 11.6 Å². The number of nitrogens with one attached hydrogen (secondary N) is 1. The van der Waals surface area contributed by atoms with E-state index in [4.69, 9.17) is 17.0 Å². The summed E-state index contributed by atoms with van der Waals surface area (Å²) in [5.74, 6) is 1.67. The normalized spacial score (nSPS) is 17.6. The smallest absolute Gasteiger partial charge is 0.174 e. The van der Waals surface area contributed by atoms with Crippen LogP contribution in [0.4, 0.5) is 5.69 Å². The van der Waals surface area contributed by atoms with E-state index in [-0.39, 0.29) is 12.1 Å². The maximum absolute atomic E-state index is 5.89. The monoisotopic (exact) mass is 469 g/mol. The molecule has 6 nitrogen and oxygen atoms in total. The minimum Gasteiger partial charge on any atom is -0.495 e. The molecule has 172 valence electrons. The highest BCUT2D eigenvalue weighted by molar-refractivity contribution is 7.80. The maximum Gasteiger partial charge on any atom is 0.174 e. The molecule has 1 aliphatic rings. The lowest BCUT2D eigenvalue weighted by Crippen LogP contribution is -2.30. The second-order valence-corrected chi connectivity index (χ2v) is 8.91. The number of ether oxygens (including phenoxy) is 1. The van der Waals surface area contributed by atoms with E-state index < -0.39 is 0 Å². The van der Waals surface area contributed by atoms with Gasteiger partial charge in [-0.05, 0) is 80.5 Å². The molecule has 0 saturated carbocycles. The molecule has 2 atom stereocenters. The molecule has 0 spiro atoms. The van der Waals surface area contributed by atoms with Crippen LogP contribution in [0.25, 0.3) is 5.82 Å². The average molecular weight is 470 g/mol. The lowest BCUT2D eigenvalue weighted by atomic mass is 9.96. The first-order valence-corrected chi connectivity index (χ1v) is 11.7. The molecule has 1 aromatic carbocycles. The van der Waals surface area contributed by atoms with Crippen molar-refractivity contribution in [2.45, 2.75) is 32.9 Å². The van der Waals surface area contributed by atoms with Gasteiger partial charge in [0.1, 0.15) is 11.6 Å². The Bertz CT molecular complexity index is 1330. The van der Waals surface area contributed by atoms with E-state index in [9.17, 15) is 0 Å². The summed E-state index contributed by atoms with van der Waals surface area (Å²) in [6, 6.07) is 20.1. The van der Waals surface area contributed by atoms with Gasteiger partial charge in [0.15, 0.2) is 5.11 Å². The summed E-state index contributed by atoms with van der Waals surface area (Å²) in [6.45, 7) is 6.30. The highest BCUT2D eigenvalue weighted by Gasteiger charge is 2.43. The van der Waals surface area contributed by atoms with Crippen molar-refractivity contribution in [2.75, 3.05) is 12.0 Å². The van der Waals surface area contributed by atoms with Gasteiger partial charge < -0.3 is 19.5 Å². The van der Waals surface area contributed by atoms with E-state index >= 15 is 0 Å². The Morgan fingerprint density at radius 1 is 0.971 bits per heavy atom. The van der Waals surface area contributed by atoms with Crippen LogP contribution >= 0.6 is 12.2 Å². The summed E-state index contributed by atoms with van der Waals surface area (Å²) in [5.41, 5.74) is 6.38. The molecule has 4 aromatic rings. The van der Waals surface area contributed by atoms with Crippen molar-refractivity contribution in [3.63, 3.8) is 0 Å². The molecule has 0 amide bonds. The van der Waals surface area contributed by atoms with Gasteiger partial charge in [-0.3, -0.25) is 4.98 Å². The molecular weight excluding hydrogens is 442 g/mol. The Labute approximate surface area is 205 Å². The van der Waals surface area contributed by atoms with E-state index in [2.05, 4.69) is 56.8 Å². The largest absolute Gasteiger partial charge is 0.495 e. The van der Waals surface area contributed by atoms with Crippen molar-refractivity contribution in [1.29, 1.82) is 0 Å². The number of aromatic nitrogens is 3. The molecule has 1 saturated heterocycles. The van der Waals surface area contributed by atoms with Crippen molar-refractivity contribution < 1.29 is 4.74 Å². The number of methoxy groups -OCH3 is 1. The molecule has 34 heavy (non-hydrogen) atoms. The molecule has 0 aliphatic carbocycles. The van der Waals surface area contributed by atoms with Gasteiger partial charge in [-0.1, -0.05) is 24.3 Å². The lowest BCUT2D eigenvalue weighted by molar-refractivity contribution is 0.414. The predicted molar refractivity (Wildman–Crippen MR) is 139 cm³/mol. The van der Waals surface area contributed by atoms with E-state index in [1.165, 1.54) is 0 Å². The third-order valence-corrected chi connectivity index (χ3v) is 6.67. The van der Waals surface area contributed by atoms with Gasteiger partial charge in [-0.15, -0.1) is 0 Å². The zero-order valence-corrected chi connectivity index (χ0v) is 20.5. The van der Waals surface area contributed by atoms with Gasteiger partial charge in [0.05, 0.1) is 30.6 Å². The molecule has 7 heteroatoms. The lowest BCUT2D eigenvalue weighted by Gasteiger charge is -2.29. The third kappa shape index (κ3) is 3.72. The van der Waals surface area contributed by atoms with Crippen LogP contribution in [0.5, 0.6) is 5.75 Å². The van der Waals surface area contributed by atoms with Gasteiger partial charge in [-0.25, -0.2) is 4.98 Å². The Hall–Kier alpha value is -3.71. The molecule has 4 heterocycles. The fourth-order valence-corrected chi connectivity index (χ4v) is 5.13. The van der Waals surface area contributed by atoms with Crippen LogP contribution in [0.15, 0.2) is 73.1 Å². The molecule has 3 aromatic heterocycles. The Morgan fingerprint density at radius 2 is 1.76 bits per heavy atom. The van der Waals surface area contributed by atoms with Crippen molar-refractivity contribution in [1.82, 2.24) is 19.9 Å². The summed E-state index contributed by atoms with van der Waals surface area (Å²) in [5, 5.41) is 4.18. The number of rotatable bonds is 5. The van der Waals surface area contributed by atoms with Crippen molar-refractivity contribution >= 4 is 23.0 Å². The van der Waals surface area contributed by atoms with E-state index in [1.807, 2.05) is 61.8 Å². The van der Waals surface area contributed by atoms with Crippen LogP contribution in [0.2, 0.25) is 0 Å². The first-order valence-electron chi connectivity index (χ1n) is 11.2. The zero-order valence-electron chi connectivity index (χ0n) is 19.7. The highest BCUT2D eigenvalue weighted by atomic mass is 32.1. The van der Waals surface area contributed by atoms with Gasteiger partial charge in [0.2, 0.25) is 0 Å². The summed E-state index contributed by atoms with van der Waals surface area (Å²) < 4.78 is 7.91. The van der Waals surface area contributed by atoms with Gasteiger partial charge in [0.25, 0.3) is 0 Å². The van der Waals surface area contributed by atoms with Crippen LogP contribution in [0.1, 0.15) is 40.3 Å². The number of thiocarbonyl (C=S) groups is 1. The minimum absolute atomic E-state index is 0.121. The predicted octanol–water partition coefficient (Wildman–Crippen LogP) is 5.38. The van der Waals surface area contributed by atoms with Crippen LogP contribution in [0, 0.1) is 20.8 Å². The van der Waals surface area contributed by atoms with Crippen LogP contribution in [-0.4, -0.2) is 26.8 Å². The van der Waals surface area contributed by atoms with Crippen molar-refractivity contribution in [2.24, 2.45) is 0 Å². The number of pyridine rings is 2. The maximum atomic E-state index is 5.89. The number of hydrogen-bond acceptors (Lipinski definition) is 4. The van der Waals surface area contributed by atoms with Gasteiger partial charge >= 0.3 is 0 Å². The number of aryl methyl sites for hydroxylation is 2. The highest BCUT2D eigenvalue weighted by Crippen LogP contribution is 2.45. The second kappa shape index (κ2) is 8.91. The number of benzene rings is 1. The first kappa shape index (κ1) is 22.1. The number of hydrogen-bond donors (Lipinski definition) is 1. The summed E-state index contributed by atoms with van der Waals surface area (Å²) in [7, 11) is 1.69. The minimum atomic E-state index is -0.126. The van der Waals surface area contributed by atoms with E-state index in [0.717, 1.165) is 45.5 Å². The third-order valence-electron chi connectivity index (χ3n) is 6.36. The fraction of sp³-hybridized carbons (Fsp3) is 0.222. The second-order valence-electron chi connectivity index (χ2n) is 8.52. The SMILES string of the molecule is COc1ccccc1N1C(=S)NC(c2ccccn2)C1c1cc(C)n(-c2ccc(C)cn2)c1C. The molecular formula is C27H27N5OS. The number of anilines is 1.